The Hall–Kier alpha value is -1.47. The Balaban J connectivity index is 1.54. The Morgan fingerprint density at radius 2 is 1.90 bits per heavy atom. The molecule has 3 rings (SSSR count). The molecule has 2 aromatic rings. The highest BCUT2D eigenvalue weighted by atomic mass is 32.1. The van der Waals surface area contributed by atoms with Crippen molar-refractivity contribution in [3.05, 3.63) is 27.2 Å². The summed E-state index contributed by atoms with van der Waals surface area (Å²) in [6.45, 7) is 7.22. The molecule has 1 saturated heterocycles. The third-order valence-electron chi connectivity index (χ3n) is 3.51. The zero-order valence-electron chi connectivity index (χ0n) is 12.2. The SMILES string of the molecule is Cc1csc(N2CCN(C(=O)Cc3csc(C)n3)CC2)n1. The summed E-state index contributed by atoms with van der Waals surface area (Å²) in [6.07, 6.45) is 0.417. The third kappa shape index (κ3) is 3.41. The fourth-order valence-corrected chi connectivity index (χ4v) is 3.86. The van der Waals surface area contributed by atoms with Crippen LogP contribution in [0.4, 0.5) is 5.13 Å². The molecule has 0 spiro atoms. The van der Waals surface area contributed by atoms with Gasteiger partial charge >= 0.3 is 0 Å². The van der Waals surface area contributed by atoms with E-state index >= 15 is 0 Å². The lowest BCUT2D eigenvalue weighted by Gasteiger charge is -2.34. The number of thiazole rings is 2. The van der Waals surface area contributed by atoms with Gasteiger partial charge in [0.1, 0.15) is 0 Å². The van der Waals surface area contributed by atoms with Gasteiger partial charge in [0.05, 0.1) is 22.8 Å². The average molecular weight is 322 g/mol. The summed E-state index contributed by atoms with van der Waals surface area (Å²) in [5.74, 6) is 0.176. The molecule has 0 aliphatic carbocycles. The molecule has 1 fully saturated rings. The van der Waals surface area contributed by atoms with Crippen LogP contribution in [0.3, 0.4) is 0 Å². The maximum absolute atomic E-state index is 12.3. The number of amides is 1. The van der Waals surface area contributed by atoms with Crippen molar-refractivity contribution in [2.45, 2.75) is 20.3 Å². The molecule has 0 aromatic carbocycles. The lowest BCUT2D eigenvalue weighted by atomic mass is 10.2. The highest BCUT2D eigenvalue weighted by Crippen LogP contribution is 2.21. The number of piperazine rings is 1. The van der Waals surface area contributed by atoms with Crippen molar-refractivity contribution in [3.8, 4) is 0 Å². The quantitative estimate of drug-likeness (QED) is 0.868. The number of hydrogen-bond acceptors (Lipinski definition) is 6. The third-order valence-corrected chi connectivity index (χ3v) is 5.35. The zero-order chi connectivity index (χ0) is 14.8. The maximum atomic E-state index is 12.3. The molecule has 1 aliphatic rings. The number of rotatable bonds is 3. The van der Waals surface area contributed by atoms with Crippen molar-refractivity contribution in [1.82, 2.24) is 14.9 Å². The predicted octanol–water partition coefficient (Wildman–Crippen LogP) is 2.11. The van der Waals surface area contributed by atoms with Crippen molar-refractivity contribution in [2.75, 3.05) is 31.1 Å². The van der Waals surface area contributed by atoms with E-state index in [1.54, 1.807) is 22.7 Å². The molecule has 0 N–H and O–H groups in total. The molecule has 0 radical (unpaired) electrons. The van der Waals surface area contributed by atoms with Crippen LogP contribution in [0.2, 0.25) is 0 Å². The first-order valence-corrected chi connectivity index (χ1v) is 8.73. The minimum absolute atomic E-state index is 0.176. The molecule has 21 heavy (non-hydrogen) atoms. The Kier molecular flexibility index (Phi) is 4.21. The van der Waals surface area contributed by atoms with Gasteiger partial charge in [-0.25, -0.2) is 9.97 Å². The van der Waals surface area contributed by atoms with Crippen LogP contribution in [0.15, 0.2) is 10.8 Å². The lowest BCUT2D eigenvalue weighted by Crippen LogP contribution is -2.49. The van der Waals surface area contributed by atoms with Crippen LogP contribution in [-0.2, 0) is 11.2 Å². The molecule has 1 amide bonds. The van der Waals surface area contributed by atoms with Gasteiger partial charge in [-0.1, -0.05) is 0 Å². The van der Waals surface area contributed by atoms with Gasteiger partial charge in [0.2, 0.25) is 5.91 Å². The molecule has 0 saturated carbocycles. The zero-order valence-corrected chi connectivity index (χ0v) is 13.8. The van der Waals surface area contributed by atoms with E-state index in [-0.39, 0.29) is 5.91 Å². The van der Waals surface area contributed by atoms with Crippen LogP contribution in [0.1, 0.15) is 16.4 Å². The van der Waals surface area contributed by atoms with E-state index < -0.39 is 0 Å². The predicted molar refractivity (Wildman–Crippen MR) is 86.2 cm³/mol. The fraction of sp³-hybridized carbons (Fsp3) is 0.500. The summed E-state index contributed by atoms with van der Waals surface area (Å²) in [5, 5.41) is 6.12. The van der Waals surface area contributed by atoms with Gasteiger partial charge in [-0.2, -0.15) is 0 Å². The number of anilines is 1. The van der Waals surface area contributed by atoms with E-state index in [0.717, 1.165) is 47.7 Å². The monoisotopic (exact) mass is 322 g/mol. The van der Waals surface area contributed by atoms with Gasteiger partial charge in [0.25, 0.3) is 0 Å². The topological polar surface area (TPSA) is 49.3 Å². The van der Waals surface area contributed by atoms with E-state index in [1.807, 2.05) is 24.1 Å². The van der Waals surface area contributed by atoms with Crippen LogP contribution in [-0.4, -0.2) is 47.0 Å². The minimum Gasteiger partial charge on any atom is -0.345 e. The molecule has 112 valence electrons. The first-order valence-electron chi connectivity index (χ1n) is 6.97. The molecule has 5 nitrogen and oxygen atoms in total. The fourth-order valence-electron chi connectivity index (χ4n) is 2.39. The van der Waals surface area contributed by atoms with Gasteiger partial charge in [-0.3, -0.25) is 4.79 Å². The van der Waals surface area contributed by atoms with Crippen molar-refractivity contribution >= 4 is 33.7 Å². The largest absolute Gasteiger partial charge is 0.345 e. The minimum atomic E-state index is 0.176. The smallest absolute Gasteiger partial charge is 0.228 e. The second-order valence-electron chi connectivity index (χ2n) is 5.17. The Bertz CT molecular complexity index is 628. The molecule has 0 atom stereocenters. The molecule has 2 aromatic heterocycles. The standard InChI is InChI=1S/C14H18N4OS2/c1-10-8-21-14(15-10)18-5-3-17(4-6-18)13(19)7-12-9-20-11(2)16-12/h8-9H,3-7H2,1-2H3. The van der Waals surface area contributed by atoms with Crippen LogP contribution >= 0.6 is 22.7 Å². The second-order valence-corrected chi connectivity index (χ2v) is 7.07. The van der Waals surface area contributed by atoms with Crippen molar-refractivity contribution in [3.63, 3.8) is 0 Å². The Morgan fingerprint density at radius 1 is 1.14 bits per heavy atom. The molecular formula is C14H18N4OS2. The molecule has 7 heteroatoms. The number of aromatic nitrogens is 2. The summed E-state index contributed by atoms with van der Waals surface area (Å²) in [5.41, 5.74) is 1.95. The Morgan fingerprint density at radius 3 is 2.48 bits per heavy atom. The van der Waals surface area contributed by atoms with E-state index in [1.165, 1.54) is 0 Å². The first kappa shape index (κ1) is 14.5. The van der Waals surface area contributed by atoms with Crippen molar-refractivity contribution in [2.24, 2.45) is 0 Å². The normalized spacial score (nSPS) is 15.5. The molecule has 0 unspecified atom stereocenters. The van der Waals surface area contributed by atoms with E-state index in [9.17, 15) is 4.79 Å². The second kappa shape index (κ2) is 6.11. The summed E-state index contributed by atoms with van der Waals surface area (Å²) in [6, 6.07) is 0. The van der Waals surface area contributed by atoms with E-state index in [4.69, 9.17) is 0 Å². The summed E-state index contributed by atoms with van der Waals surface area (Å²) in [7, 11) is 0. The Labute approximate surface area is 132 Å². The first-order chi connectivity index (χ1) is 10.1. The highest BCUT2D eigenvalue weighted by Gasteiger charge is 2.23. The molecule has 0 bridgehead atoms. The van der Waals surface area contributed by atoms with Crippen LogP contribution in [0.5, 0.6) is 0 Å². The number of carbonyl (C=O) groups is 1. The summed E-state index contributed by atoms with van der Waals surface area (Å²) < 4.78 is 0. The average Bonchev–Trinajstić information content (AvgIpc) is 3.08. The van der Waals surface area contributed by atoms with Crippen LogP contribution in [0, 0.1) is 13.8 Å². The van der Waals surface area contributed by atoms with E-state index in [2.05, 4.69) is 20.2 Å². The maximum Gasteiger partial charge on any atom is 0.228 e. The number of aryl methyl sites for hydroxylation is 2. The van der Waals surface area contributed by atoms with Gasteiger partial charge in [0.15, 0.2) is 5.13 Å². The number of carbonyl (C=O) groups excluding carboxylic acids is 1. The molecule has 1 aliphatic heterocycles. The molecule has 3 heterocycles. The lowest BCUT2D eigenvalue weighted by molar-refractivity contribution is -0.130. The van der Waals surface area contributed by atoms with Gasteiger partial charge in [-0.05, 0) is 13.8 Å². The summed E-state index contributed by atoms with van der Waals surface area (Å²) in [4.78, 5) is 25.3. The number of hydrogen-bond donors (Lipinski definition) is 0. The van der Waals surface area contributed by atoms with Gasteiger partial charge in [0, 0.05) is 36.9 Å². The van der Waals surface area contributed by atoms with E-state index in [0.29, 0.717) is 6.42 Å². The van der Waals surface area contributed by atoms with Gasteiger partial charge < -0.3 is 9.80 Å². The van der Waals surface area contributed by atoms with Gasteiger partial charge in [-0.15, -0.1) is 22.7 Å². The van der Waals surface area contributed by atoms with Crippen LogP contribution < -0.4 is 4.90 Å². The highest BCUT2D eigenvalue weighted by molar-refractivity contribution is 7.13. The van der Waals surface area contributed by atoms with Crippen molar-refractivity contribution < 1.29 is 4.79 Å². The van der Waals surface area contributed by atoms with Crippen LogP contribution in [0.25, 0.3) is 0 Å². The number of nitrogens with zero attached hydrogens (tertiary/aromatic N) is 4. The molecular weight excluding hydrogens is 304 g/mol. The van der Waals surface area contributed by atoms with Crippen molar-refractivity contribution in [1.29, 1.82) is 0 Å². The summed E-state index contributed by atoms with van der Waals surface area (Å²) >= 11 is 3.27.